The van der Waals surface area contributed by atoms with Crippen LogP contribution in [0.15, 0.2) is 12.7 Å². The maximum absolute atomic E-state index is 10.0. The molecule has 0 radical (unpaired) electrons. The Hall–Kier alpha value is -0.300. The standard InChI is InChI=1S/C13H24O/c1-5-11-10-13(11,14)9-7-8-12(3,4)6-2/h6,11,14H,2,5,7-10H2,1,3-4H3/t11-,13-/m1/s1. The minimum absolute atomic E-state index is 0.229. The van der Waals surface area contributed by atoms with E-state index in [0.717, 1.165) is 32.1 Å². The van der Waals surface area contributed by atoms with Crippen molar-refractivity contribution in [1.82, 2.24) is 0 Å². The van der Waals surface area contributed by atoms with Crippen LogP contribution in [0, 0.1) is 11.3 Å². The van der Waals surface area contributed by atoms with Gasteiger partial charge in [0, 0.05) is 0 Å². The summed E-state index contributed by atoms with van der Waals surface area (Å²) in [7, 11) is 0. The van der Waals surface area contributed by atoms with Crippen LogP contribution in [0.25, 0.3) is 0 Å². The molecule has 0 unspecified atom stereocenters. The van der Waals surface area contributed by atoms with Gasteiger partial charge in [-0.15, -0.1) is 6.58 Å². The number of hydrogen-bond acceptors (Lipinski definition) is 1. The molecule has 0 spiro atoms. The van der Waals surface area contributed by atoms with Crippen molar-refractivity contribution in [1.29, 1.82) is 0 Å². The molecule has 1 nitrogen and oxygen atoms in total. The highest BCUT2D eigenvalue weighted by Gasteiger charge is 2.50. The molecule has 1 rings (SSSR count). The summed E-state index contributed by atoms with van der Waals surface area (Å²) in [5.74, 6) is 0.578. The smallest absolute Gasteiger partial charge is 0.0680 e. The summed E-state index contributed by atoms with van der Waals surface area (Å²) < 4.78 is 0. The fourth-order valence-corrected chi connectivity index (χ4v) is 2.15. The van der Waals surface area contributed by atoms with Crippen molar-refractivity contribution in [2.75, 3.05) is 0 Å². The van der Waals surface area contributed by atoms with Crippen molar-refractivity contribution in [2.45, 2.75) is 58.5 Å². The second-order valence-electron chi connectivity index (χ2n) is 5.46. The van der Waals surface area contributed by atoms with Crippen LogP contribution in [0.3, 0.4) is 0 Å². The minimum atomic E-state index is -0.300. The summed E-state index contributed by atoms with van der Waals surface area (Å²) in [5, 5.41) is 10.0. The van der Waals surface area contributed by atoms with Crippen LogP contribution >= 0.6 is 0 Å². The fourth-order valence-electron chi connectivity index (χ4n) is 2.15. The molecule has 0 amide bonds. The highest BCUT2D eigenvalue weighted by Crippen LogP contribution is 2.49. The lowest BCUT2D eigenvalue weighted by Crippen LogP contribution is -2.13. The van der Waals surface area contributed by atoms with Gasteiger partial charge in [0.05, 0.1) is 5.60 Å². The maximum Gasteiger partial charge on any atom is 0.0680 e. The van der Waals surface area contributed by atoms with Crippen molar-refractivity contribution < 1.29 is 5.11 Å². The second-order valence-corrected chi connectivity index (χ2v) is 5.46. The third-order valence-electron chi connectivity index (χ3n) is 3.68. The van der Waals surface area contributed by atoms with Gasteiger partial charge in [-0.1, -0.05) is 33.3 Å². The molecule has 1 saturated carbocycles. The van der Waals surface area contributed by atoms with E-state index in [1.165, 1.54) is 0 Å². The molecule has 14 heavy (non-hydrogen) atoms. The van der Waals surface area contributed by atoms with Gasteiger partial charge in [0.25, 0.3) is 0 Å². The van der Waals surface area contributed by atoms with Gasteiger partial charge in [0.2, 0.25) is 0 Å². The topological polar surface area (TPSA) is 20.2 Å². The van der Waals surface area contributed by atoms with Crippen molar-refractivity contribution >= 4 is 0 Å². The number of rotatable bonds is 6. The SMILES string of the molecule is C=CC(C)(C)CCC[C@@]1(O)C[C@H]1CC. The predicted molar refractivity (Wildman–Crippen MR) is 61.2 cm³/mol. The molecule has 2 atom stereocenters. The first-order valence-corrected chi connectivity index (χ1v) is 5.79. The molecule has 0 heterocycles. The Balaban J connectivity index is 2.20. The Morgan fingerprint density at radius 3 is 2.64 bits per heavy atom. The van der Waals surface area contributed by atoms with E-state index >= 15 is 0 Å². The molecule has 1 fully saturated rings. The maximum atomic E-state index is 10.0. The first-order valence-electron chi connectivity index (χ1n) is 5.79. The van der Waals surface area contributed by atoms with Gasteiger partial charge in [0.15, 0.2) is 0 Å². The van der Waals surface area contributed by atoms with Crippen LogP contribution in [-0.2, 0) is 0 Å². The van der Waals surface area contributed by atoms with Gasteiger partial charge in [-0.05, 0) is 37.0 Å². The summed E-state index contributed by atoms with van der Waals surface area (Å²) in [6.45, 7) is 10.4. The van der Waals surface area contributed by atoms with Crippen LogP contribution in [0.1, 0.15) is 52.9 Å². The van der Waals surface area contributed by atoms with E-state index in [-0.39, 0.29) is 11.0 Å². The Kier molecular flexibility index (Phi) is 3.41. The lowest BCUT2D eigenvalue weighted by atomic mass is 9.86. The molecule has 0 saturated heterocycles. The van der Waals surface area contributed by atoms with E-state index in [0.29, 0.717) is 5.92 Å². The molecule has 1 N–H and O–H groups in total. The summed E-state index contributed by atoms with van der Waals surface area (Å²) in [6, 6.07) is 0. The number of allylic oxidation sites excluding steroid dienone is 1. The molecule has 0 aromatic rings. The van der Waals surface area contributed by atoms with Crippen LogP contribution in [0.2, 0.25) is 0 Å². The van der Waals surface area contributed by atoms with Gasteiger partial charge < -0.3 is 5.11 Å². The summed E-state index contributed by atoms with van der Waals surface area (Å²) >= 11 is 0. The highest BCUT2D eigenvalue weighted by molar-refractivity contribution is 5.02. The third-order valence-corrected chi connectivity index (χ3v) is 3.68. The molecule has 0 aliphatic heterocycles. The molecular formula is C13H24O. The second kappa shape index (κ2) is 4.06. The molecule has 0 aromatic heterocycles. The summed E-state index contributed by atoms with van der Waals surface area (Å²) in [6.07, 6.45) is 7.39. The largest absolute Gasteiger partial charge is 0.390 e. The molecular weight excluding hydrogens is 172 g/mol. The Morgan fingerprint density at radius 2 is 2.21 bits per heavy atom. The molecule has 1 aliphatic rings. The van der Waals surface area contributed by atoms with E-state index in [1.54, 1.807) is 0 Å². The lowest BCUT2D eigenvalue weighted by Gasteiger charge is -2.20. The summed E-state index contributed by atoms with van der Waals surface area (Å²) in [5.41, 5.74) is -0.0705. The van der Waals surface area contributed by atoms with Crippen molar-refractivity contribution in [3.05, 3.63) is 12.7 Å². The molecule has 0 bridgehead atoms. The monoisotopic (exact) mass is 196 g/mol. The first kappa shape index (κ1) is 11.8. The molecule has 0 aromatic carbocycles. The van der Waals surface area contributed by atoms with E-state index in [1.807, 2.05) is 6.08 Å². The van der Waals surface area contributed by atoms with Gasteiger partial charge in [0.1, 0.15) is 0 Å². The number of aliphatic hydroxyl groups is 1. The highest BCUT2D eigenvalue weighted by atomic mass is 16.3. The van der Waals surface area contributed by atoms with E-state index in [4.69, 9.17) is 0 Å². The van der Waals surface area contributed by atoms with Crippen LogP contribution in [-0.4, -0.2) is 10.7 Å². The Labute approximate surface area is 88.2 Å². The quantitative estimate of drug-likeness (QED) is 0.644. The van der Waals surface area contributed by atoms with Gasteiger partial charge in [-0.2, -0.15) is 0 Å². The minimum Gasteiger partial charge on any atom is -0.390 e. The summed E-state index contributed by atoms with van der Waals surface area (Å²) in [4.78, 5) is 0. The van der Waals surface area contributed by atoms with Crippen LogP contribution in [0.4, 0.5) is 0 Å². The number of hydrogen-bond donors (Lipinski definition) is 1. The van der Waals surface area contributed by atoms with Gasteiger partial charge in [-0.25, -0.2) is 0 Å². The van der Waals surface area contributed by atoms with E-state index in [9.17, 15) is 5.11 Å². The fraction of sp³-hybridized carbons (Fsp3) is 0.846. The molecule has 1 heteroatoms. The Morgan fingerprint density at radius 1 is 1.57 bits per heavy atom. The van der Waals surface area contributed by atoms with Gasteiger partial charge in [-0.3, -0.25) is 0 Å². The molecule has 82 valence electrons. The lowest BCUT2D eigenvalue weighted by molar-refractivity contribution is 0.114. The van der Waals surface area contributed by atoms with E-state index < -0.39 is 0 Å². The van der Waals surface area contributed by atoms with Gasteiger partial charge >= 0.3 is 0 Å². The van der Waals surface area contributed by atoms with Crippen molar-refractivity contribution in [2.24, 2.45) is 11.3 Å². The zero-order valence-corrected chi connectivity index (χ0v) is 9.84. The van der Waals surface area contributed by atoms with Crippen LogP contribution < -0.4 is 0 Å². The van der Waals surface area contributed by atoms with Crippen molar-refractivity contribution in [3.63, 3.8) is 0 Å². The molecule has 1 aliphatic carbocycles. The first-order chi connectivity index (χ1) is 6.43. The average Bonchev–Trinajstić information content (AvgIpc) is 2.77. The van der Waals surface area contributed by atoms with E-state index in [2.05, 4.69) is 27.4 Å². The van der Waals surface area contributed by atoms with Crippen molar-refractivity contribution in [3.8, 4) is 0 Å². The zero-order chi connectivity index (χ0) is 10.8. The average molecular weight is 196 g/mol. The van der Waals surface area contributed by atoms with Crippen LogP contribution in [0.5, 0.6) is 0 Å². The zero-order valence-electron chi connectivity index (χ0n) is 9.84. The normalized spacial score (nSPS) is 31.6. The third kappa shape index (κ3) is 2.84. The Bertz CT molecular complexity index is 207. The predicted octanol–water partition coefficient (Wildman–Crippen LogP) is 3.53.